The molecule has 14 heavy (non-hydrogen) atoms. The Morgan fingerprint density at radius 1 is 1.36 bits per heavy atom. The lowest BCUT2D eigenvalue weighted by Gasteiger charge is -2.25. The summed E-state index contributed by atoms with van der Waals surface area (Å²) in [6.45, 7) is 1.08. The fraction of sp³-hybridized carbons (Fsp3) is 0.455. The predicted octanol–water partition coefficient (Wildman–Crippen LogP) is 2.74. The van der Waals surface area contributed by atoms with Crippen LogP contribution in [0.15, 0.2) is 18.2 Å². The van der Waals surface area contributed by atoms with Crippen LogP contribution in [0.1, 0.15) is 30.9 Å². The maximum Gasteiger partial charge on any atom is 0.0638 e. The number of benzene rings is 1. The van der Waals surface area contributed by atoms with Gasteiger partial charge in [0.25, 0.3) is 0 Å². The SMILES string of the molecule is Nc1c(Cl)cccc1[C@H]1CCCCN1. The Bertz CT molecular complexity index is 319. The van der Waals surface area contributed by atoms with Gasteiger partial charge in [-0.1, -0.05) is 30.2 Å². The molecule has 0 saturated carbocycles. The second kappa shape index (κ2) is 4.20. The number of hydrogen-bond donors (Lipinski definition) is 2. The highest BCUT2D eigenvalue weighted by molar-refractivity contribution is 6.33. The second-order valence-corrected chi connectivity index (χ2v) is 4.15. The molecule has 76 valence electrons. The highest BCUT2D eigenvalue weighted by Crippen LogP contribution is 2.31. The molecular formula is C11H15ClN2. The molecule has 0 spiro atoms. The van der Waals surface area contributed by atoms with E-state index in [1.165, 1.54) is 12.8 Å². The summed E-state index contributed by atoms with van der Waals surface area (Å²) in [6, 6.07) is 6.25. The molecule has 1 aliphatic rings. The highest BCUT2D eigenvalue weighted by Gasteiger charge is 2.17. The van der Waals surface area contributed by atoms with Crippen molar-refractivity contribution in [1.29, 1.82) is 0 Å². The molecular weight excluding hydrogens is 196 g/mol. The molecule has 3 N–H and O–H groups in total. The van der Waals surface area contributed by atoms with E-state index >= 15 is 0 Å². The van der Waals surface area contributed by atoms with E-state index in [-0.39, 0.29) is 0 Å². The molecule has 0 aromatic heterocycles. The van der Waals surface area contributed by atoms with Gasteiger partial charge in [-0.3, -0.25) is 0 Å². The first-order valence-electron chi connectivity index (χ1n) is 5.06. The van der Waals surface area contributed by atoms with Crippen LogP contribution in [0.4, 0.5) is 5.69 Å². The zero-order chi connectivity index (χ0) is 9.97. The number of nitrogens with one attached hydrogen (secondary N) is 1. The number of para-hydroxylation sites is 1. The summed E-state index contributed by atoms with van der Waals surface area (Å²) >= 11 is 5.98. The fourth-order valence-corrected chi connectivity index (χ4v) is 2.16. The van der Waals surface area contributed by atoms with E-state index < -0.39 is 0 Å². The Kier molecular flexibility index (Phi) is 2.94. The van der Waals surface area contributed by atoms with Gasteiger partial charge in [0.1, 0.15) is 0 Å². The highest BCUT2D eigenvalue weighted by atomic mass is 35.5. The van der Waals surface area contributed by atoms with Gasteiger partial charge in [0.2, 0.25) is 0 Å². The van der Waals surface area contributed by atoms with Crippen LogP contribution in [0.2, 0.25) is 5.02 Å². The summed E-state index contributed by atoms with van der Waals surface area (Å²) in [6.07, 6.45) is 3.69. The standard InChI is InChI=1S/C11H15ClN2/c12-9-5-3-4-8(11(9)13)10-6-1-2-7-14-10/h3-5,10,14H,1-2,6-7,13H2/t10-/m1/s1. The quantitative estimate of drug-likeness (QED) is 0.700. The van der Waals surface area contributed by atoms with Gasteiger partial charge in [0.15, 0.2) is 0 Å². The topological polar surface area (TPSA) is 38.0 Å². The van der Waals surface area contributed by atoms with Crippen LogP contribution in [0.3, 0.4) is 0 Å². The van der Waals surface area contributed by atoms with Gasteiger partial charge in [-0.15, -0.1) is 0 Å². The molecule has 0 amide bonds. The van der Waals surface area contributed by atoms with Crippen molar-refractivity contribution >= 4 is 17.3 Å². The van der Waals surface area contributed by atoms with E-state index in [1.807, 2.05) is 12.1 Å². The zero-order valence-electron chi connectivity index (χ0n) is 8.09. The van der Waals surface area contributed by atoms with E-state index in [1.54, 1.807) is 0 Å². The van der Waals surface area contributed by atoms with Crippen molar-refractivity contribution in [3.05, 3.63) is 28.8 Å². The molecule has 0 bridgehead atoms. The normalized spacial score (nSPS) is 22.2. The monoisotopic (exact) mass is 210 g/mol. The molecule has 1 aromatic carbocycles. The maximum atomic E-state index is 5.98. The molecule has 1 atom stereocenters. The van der Waals surface area contributed by atoms with E-state index in [2.05, 4.69) is 11.4 Å². The lowest BCUT2D eigenvalue weighted by atomic mass is 9.96. The first-order valence-corrected chi connectivity index (χ1v) is 5.44. The third-order valence-electron chi connectivity index (χ3n) is 2.77. The molecule has 1 aliphatic heterocycles. The number of hydrogen-bond acceptors (Lipinski definition) is 2. The van der Waals surface area contributed by atoms with Crippen molar-refractivity contribution in [2.24, 2.45) is 0 Å². The largest absolute Gasteiger partial charge is 0.397 e. The molecule has 1 fully saturated rings. The lowest BCUT2D eigenvalue weighted by molar-refractivity contribution is 0.413. The third kappa shape index (κ3) is 1.86. The van der Waals surface area contributed by atoms with E-state index in [9.17, 15) is 0 Å². The average Bonchev–Trinajstić information content (AvgIpc) is 2.23. The Labute approximate surface area is 89.4 Å². The van der Waals surface area contributed by atoms with Gasteiger partial charge in [-0.25, -0.2) is 0 Å². The Morgan fingerprint density at radius 3 is 2.93 bits per heavy atom. The number of nitrogens with two attached hydrogens (primary N) is 1. The Hall–Kier alpha value is -0.730. The zero-order valence-corrected chi connectivity index (χ0v) is 8.85. The van der Waals surface area contributed by atoms with Crippen molar-refractivity contribution in [2.45, 2.75) is 25.3 Å². The second-order valence-electron chi connectivity index (χ2n) is 3.75. The van der Waals surface area contributed by atoms with Gasteiger partial charge in [-0.2, -0.15) is 0 Å². The first-order chi connectivity index (χ1) is 6.79. The van der Waals surface area contributed by atoms with Crippen LogP contribution in [0, 0.1) is 0 Å². The Balaban J connectivity index is 2.26. The van der Waals surface area contributed by atoms with Crippen LogP contribution in [-0.4, -0.2) is 6.54 Å². The minimum Gasteiger partial charge on any atom is -0.397 e. The summed E-state index contributed by atoms with van der Waals surface area (Å²) < 4.78 is 0. The van der Waals surface area contributed by atoms with Crippen LogP contribution < -0.4 is 11.1 Å². The van der Waals surface area contributed by atoms with Crippen LogP contribution in [0.5, 0.6) is 0 Å². The predicted molar refractivity (Wildman–Crippen MR) is 60.5 cm³/mol. The summed E-state index contributed by atoms with van der Waals surface area (Å²) in [5, 5.41) is 4.13. The molecule has 2 nitrogen and oxygen atoms in total. The van der Waals surface area contributed by atoms with Crippen molar-refractivity contribution in [3.8, 4) is 0 Å². The number of halogens is 1. The summed E-state index contributed by atoms with van der Waals surface area (Å²) in [4.78, 5) is 0. The van der Waals surface area contributed by atoms with Crippen LogP contribution in [-0.2, 0) is 0 Å². The molecule has 0 aliphatic carbocycles. The van der Waals surface area contributed by atoms with Gasteiger partial charge >= 0.3 is 0 Å². The van der Waals surface area contributed by atoms with Crippen molar-refractivity contribution < 1.29 is 0 Å². The molecule has 1 saturated heterocycles. The van der Waals surface area contributed by atoms with Gasteiger partial charge in [0.05, 0.1) is 10.7 Å². The molecule has 2 rings (SSSR count). The van der Waals surface area contributed by atoms with Crippen LogP contribution >= 0.6 is 11.6 Å². The first kappa shape index (κ1) is 9.81. The smallest absolute Gasteiger partial charge is 0.0638 e. The molecule has 0 unspecified atom stereocenters. The van der Waals surface area contributed by atoms with Crippen molar-refractivity contribution in [3.63, 3.8) is 0 Å². The lowest BCUT2D eigenvalue weighted by Crippen LogP contribution is -2.27. The summed E-state index contributed by atoms with van der Waals surface area (Å²) in [7, 11) is 0. The van der Waals surface area contributed by atoms with Gasteiger partial charge in [-0.05, 0) is 31.0 Å². The van der Waals surface area contributed by atoms with Crippen LogP contribution in [0.25, 0.3) is 0 Å². The maximum absolute atomic E-state index is 5.98. The molecule has 1 heterocycles. The van der Waals surface area contributed by atoms with Gasteiger partial charge in [0, 0.05) is 6.04 Å². The average molecular weight is 211 g/mol. The van der Waals surface area contributed by atoms with E-state index in [0.29, 0.717) is 11.1 Å². The summed E-state index contributed by atoms with van der Waals surface area (Å²) in [5.41, 5.74) is 7.82. The Morgan fingerprint density at radius 2 is 2.21 bits per heavy atom. The minimum atomic E-state index is 0.391. The number of piperidine rings is 1. The number of rotatable bonds is 1. The third-order valence-corrected chi connectivity index (χ3v) is 3.10. The molecule has 1 aromatic rings. The van der Waals surface area contributed by atoms with E-state index in [4.69, 9.17) is 17.3 Å². The van der Waals surface area contributed by atoms with E-state index in [0.717, 1.165) is 24.2 Å². The minimum absolute atomic E-state index is 0.391. The summed E-state index contributed by atoms with van der Waals surface area (Å²) in [5.74, 6) is 0. The van der Waals surface area contributed by atoms with Gasteiger partial charge < -0.3 is 11.1 Å². The molecule has 3 heteroatoms. The van der Waals surface area contributed by atoms with Crippen molar-refractivity contribution in [1.82, 2.24) is 5.32 Å². The molecule has 0 radical (unpaired) electrons. The number of nitrogen functional groups attached to an aromatic ring is 1. The number of anilines is 1. The van der Waals surface area contributed by atoms with Crippen molar-refractivity contribution in [2.75, 3.05) is 12.3 Å². The fourth-order valence-electron chi connectivity index (χ4n) is 1.97.